The van der Waals surface area contributed by atoms with Gasteiger partial charge in [0.15, 0.2) is 0 Å². The fraction of sp³-hybridized carbons (Fsp3) is 0.190. The molecule has 0 aliphatic rings. The van der Waals surface area contributed by atoms with Gasteiger partial charge >= 0.3 is 5.97 Å². The molecule has 0 saturated heterocycles. The van der Waals surface area contributed by atoms with Crippen molar-refractivity contribution in [1.82, 2.24) is 15.5 Å². The highest BCUT2D eigenvalue weighted by Crippen LogP contribution is 2.23. The number of H-pyrrole nitrogens is 1. The topological polar surface area (TPSA) is 95.1 Å². The number of carboxylic acids is 1. The number of hydrogen-bond acceptors (Lipinski definition) is 3. The number of amides is 1. The average Bonchev–Trinajstić information content (AvgIpc) is 3.08. The number of carbonyl (C=O) groups excluding carboxylic acids is 1. The van der Waals surface area contributed by atoms with Crippen molar-refractivity contribution in [1.29, 1.82) is 0 Å². The van der Waals surface area contributed by atoms with E-state index in [4.69, 9.17) is 11.6 Å². The first kappa shape index (κ1) is 19.6. The summed E-state index contributed by atoms with van der Waals surface area (Å²) in [7, 11) is 0. The summed E-state index contributed by atoms with van der Waals surface area (Å²) in [4.78, 5) is 23.5. The van der Waals surface area contributed by atoms with Crippen LogP contribution < -0.4 is 5.32 Å². The third kappa shape index (κ3) is 5.20. The highest BCUT2D eigenvalue weighted by atomic mass is 35.5. The van der Waals surface area contributed by atoms with E-state index in [2.05, 4.69) is 15.5 Å². The Balaban J connectivity index is 1.71. The number of nitrogens with zero attached hydrogens (tertiary/aromatic N) is 1. The van der Waals surface area contributed by atoms with E-state index in [1.807, 2.05) is 48.5 Å². The molecule has 0 spiro atoms. The number of aromatic nitrogens is 2. The standard InChI is InChI=1S/C21H20ClN3O3/c1-13-9-19(25-24-13)21(28)23-18(12-20(26)27)10-14-5-7-15(8-6-14)16-3-2-4-17(22)11-16/h2-9,11,18H,10,12H2,1H3,(H,23,28)(H,24,25)(H,26,27). The number of hydrogen-bond donors (Lipinski definition) is 3. The van der Waals surface area contributed by atoms with Crippen LogP contribution in [-0.4, -0.2) is 33.2 Å². The summed E-state index contributed by atoms with van der Waals surface area (Å²) in [6.45, 7) is 1.77. The van der Waals surface area contributed by atoms with Gasteiger partial charge in [0.25, 0.3) is 5.91 Å². The molecule has 0 bridgehead atoms. The second-order valence-electron chi connectivity index (χ2n) is 6.60. The summed E-state index contributed by atoms with van der Waals surface area (Å²) >= 11 is 6.04. The van der Waals surface area contributed by atoms with E-state index < -0.39 is 12.0 Å². The summed E-state index contributed by atoms with van der Waals surface area (Å²) in [5.41, 5.74) is 3.95. The maximum absolute atomic E-state index is 12.3. The number of aromatic amines is 1. The summed E-state index contributed by atoms with van der Waals surface area (Å²) in [6.07, 6.45) is 0.232. The smallest absolute Gasteiger partial charge is 0.305 e. The number of aryl methyl sites for hydroxylation is 1. The highest BCUT2D eigenvalue weighted by molar-refractivity contribution is 6.30. The normalized spacial score (nSPS) is 11.8. The lowest BCUT2D eigenvalue weighted by Crippen LogP contribution is -2.38. The van der Waals surface area contributed by atoms with Crippen molar-refractivity contribution >= 4 is 23.5 Å². The summed E-state index contributed by atoms with van der Waals surface area (Å²) in [6, 6.07) is 16.4. The van der Waals surface area contributed by atoms with Crippen LogP contribution in [0.1, 0.15) is 28.2 Å². The van der Waals surface area contributed by atoms with Crippen LogP contribution in [-0.2, 0) is 11.2 Å². The van der Waals surface area contributed by atoms with Gasteiger partial charge in [0.05, 0.1) is 12.1 Å². The maximum atomic E-state index is 12.3. The number of benzene rings is 2. The van der Waals surface area contributed by atoms with Crippen molar-refractivity contribution in [2.75, 3.05) is 0 Å². The number of rotatable bonds is 7. The third-order valence-electron chi connectivity index (χ3n) is 4.30. The van der Waals surface area contributed by atoms with Crippen LogP contribution in [0.25, 0.3) is 11.1 Å². The van der Waals surface area contributed by atoms with E-state index in [-0.39, 0.29) is 12.3 Å². The van der Waals surface area contributed by atoms with E-state index in [9.17, 15) is 14.7 Å². The molecule has 3 rings (SSSR count). The molecule has 7 heteroatoms. The zero-order valence-electron chi connectivity index (χ0n) is 15.3. The SMILES string of the molecule is Cc1cc(C(=O)NC(CC(=O)O)Cc2ccc(-c3cccc(Cl)c3)cc2)[nH]n1. The minimum atomic E-state index is -0.971. The van der Waals surface area contributed by atoms with Gasteiger partial charge in [-0.25, -0.2) is 0 Å². The fourth-order valence-electron chi connectivity index (χ4n) is 2.97. The molecule has 144 valence electrons. The molecule has 6 nitrogen and oxygen atoms in total. The van der Waals surface area contributed by atoms with Crippen LogP contribution in [0.4, 0.5) is 0 Å². The molecule has 28 heavy (non-hydrogen) atoms. The average molecular weight is 398 g/mol. The van der Waals surface area contributed by atoms with Crippen molar-refractivity contribution in [2.24, 2.45) is 0 Å². The lowest BCUT2D eigenvalue weighted by Gasteiger charge is -2.17. The van der Waals surface area contributed by atoms with E-state index >= 15 is 0 Å². The Morgan fingerprint density at radius 1 is 1.14 bits per heavy atom. The van der Waals surface area contributed by atoms with E-state index in [0.717, 1.165) is 16.7 Å². The lowest BCUT2D eigenvalue weighted by molar-refractivity contribution is -0.137. The molecule has 2 aromatic carbocycles. The Labute approximate surface area is 167 Å². The van der Waals surface area contributed by atoms with Crippen LogP contribution in [0, 0.1) is 6.92 Å². The Kier molecular flexibility index (Phi) is 6.11. The van der Waals surface area contributed by atoms with E-state index in [1.165, 1.54) is 0 Å². The molecule has 0 aliphatic heterocycles. The van der Waals surface area contributed by atoms with E-state index in [0.29, 0.717) is 22.8 Å². The number of halogens is 1. The molecule has 1 unspecified atom stereocenters. The summed E-state index contributed by atoms with van der Waals surface area (Å²) in [5.74, 6) is -1.34. The Bertz CT molecular complexity index is 983. The minimum Gasteiger partial charge on any atom is -0.481 e. The van der Waals surface area contributed by atoms with Gasteiger partial charge in [-0.2, -0.15) is 5.10 Å². The molecule has 0 fully saturated rings. The van der Waals surface area contributed by atoms with Crippen molar-refractivity contribution in [3.8, 4) is 11.1 Å². The monoisotopic (exact) mass is 397 g/mol. The number of carboxylic acid groups (broad SMARTS) is 1. The van der Waals surface area contributed by atoms with Crippen LogP contribution in [0.5, 0.6) is 0 Å². The molecule has 1 amide bonds. The summed E-state index contributed by atoms with van der Waals surface area (Å²) in [5, 5.41) is 19.2. The van der Waals surface area contributed by atoms with Crippen molar-refractivity contribution in [3.05, 3.63) is 76.6 Å². The Hall–Kier alpha value is -3.12. The number of aliphatic carboxylic acids is 1. The second-order valence-corrected chi connectivity index (χ2v) is 7.04. The van der Waals surface area contributed by atoms with Gasteiger partial charge in [0.1, 0.15) is 5.69 Å². The predicted octanol–water partition coefficient (Wildman–Crippen LogP) is 3.85. The van der Waals surface area contributed by atoms with Crippen molar-refractivity contribution in [3.63, 3.8) is 0 Å². The Morgan fingerprint density at radius 3 is 2.50 bits per heavy atom. The largest absolute Gasteiger partial charge is 0.481 e. The van der Waals surface area contributed by atoms with Gasteiger partial charge in [-0.1, -0.05) is 48.0 Å². The zero-order chi connectivity index (χ0) is 20.1. The lowest BCUT2D eigenvalue weighted by atomic mass is 9.99. The van der Waals surface area contributed by atoms with Crippen LogP contribution >= 0.6 is 11.6 Å². The molecule has 1 aromatic heterocycles. The molecule has 0 saturated carbocycles. The van der Waals surface area contributed by atoms with Crippen LogP contribution in [0.2, 0.25) is 5.02 Å². The molecular weight excluding hydrogens is 378 g/mol. The molecule has 1 atom stereocenters. The molecule has 3 N–H and O–H groups in total. The van der Waals surface area contributed by atoms with Gasteiger partial charge in [-0.05, 0) is 48.2 Å². The molecule has 0 radical (unpaired) electrons. The zero-order valence-corrected chi connectivity index (χ0v) is 16.0. The van der Waals surface area contributed by atoms with Gasteiger partial charge < -0.3 is 10.4 Å². The first-order valence-electron chi connectivity index (χ1n) is 8.80. The van der Waals surface area contributed by atoms with Gasteiger partial charge in [0, 0.05) is 11.1 Å². The summed E-state index contributed by atoms with van der Waals surface area (Å²) < 4.78 is 0. The van der Waals surface area contributed by atoms with Crippen LogP contribution in [0.15, 0.2) is 54.6 Å². The maximum Gasteiger partial charge on any atom is 0.305 e. The van der Waals surface area contributed by atoms with Crippen LogP contribution in [0.3, 0.4) is 0 Å². The van der Waals surface area contributed by atoms with Gasteiger partial charge in [-0.3, -0.25) is 14.7 Å². The van der Waals surface area contributed by atoms with Gasteiger partial charge in [-0.15, -0.1) is 0 Å². The van der Waals surface area contributed by atoms with Crippen molar-refractivity contribution < 1.29 is 14.7 Å². The second kappa shape index (κ2) is 8.71. The third-order valence-corrected chi connectivity index (χ3v) is 4.54. The first-order valence-corrected chi connectivity index (χ1v) is 9.18. The number of nitrogens with one attached hydrogen (secondary N) is 2. The minimum absolute atomic E-state index is 0.172. The Morgan fingerprint density at radius 2 is 1.89 bits per heavy atom. The van der Waals surface area contributed by atoms with Gasteiger partial charge in [0.2, 0.25) is 0 Å². The van der Waals surface area contributed by atoms with E-state index in [1.54, 1.807) is 13.0 Å². The highest BCUT2D eigenvalue weighted by Gasteiger charge is 2.19. The quantitative estimate of drug-likeness (QED) is 0.564. The molecule has 0 aliphatic carbocycles. The molecule has 3 aromatic rings. The molecule has 1 heterocycles. The molecular formula is C21H20ClN3O3. The fourth-order valence-corrected chi connectivity index (χ4v) is 3.16. The number of carbonyl (C=O) groups is 2. The first-order chi connectivity index (χ1) is 13.4. The van der Waals surface area contributed by atoms with Crippen molar-refractivity contribution in [2.45, 2.75) is 25.8 Å². The predicted molar refractivity (Wildman–Crippen MR) is 107 cm³/mol.